The fourth-order valence-corrected chi connectivity index (χ4v) is 1.68. The van der Waals surface area contributed by atoms with E-state index in [-0.39, 0.29) is 10.7 Å². The van der Waals surface area contributed by atoms with Crippen LogP contribution in [0.25, 0.3) is 5.57 Å². The van der Waals surface area contributed by atoms with Crippen molar-refractivity contribution >= 4 is 28.8 Å². The highest BCUT2D eigenvalue weighted by atomic mass is 35.5. The smallest absolute Gasteiger partial charge is 0.331 e. The van der Waals surface area contributed by atoms with Crippen molar-refractivity contribution in [3.05, 3.63) is 45.0 Å². The summed E-state index contributed by atoms with van der Waals surface area (Å²) in [6.45, 7) is 6.97. The molecule has 0 fully saturated rings. The molecule has 0 amide bonds. The zero-order valence-corrected chi connectivity index (χ0v) is 12.5. The van der Waals surface area contributed by atoms with E-state index in [1.807, 2.05) is 0 Å². The maximum Gasteiger partial charge on any atom is 0.331 e. The van der Waals surface area contributed by atoms with E-state index >= 15 is 0 Å². The summed E-state index contributed by atoms with van der Waals surface area (Å²) in [7, 11) is 0. The molecule has 0 atom stereocenters. The van der Waals surface area contributed by atoms with Crippen LogP contribution in [0.2, 0.25) is 5.02 Å². The second kappa shape index (κ2) is 6.05. The van der Waals surface area contributed by atoms with Crippen LogP contribution in [-0.2, 0) is 9.53 Å². The van der Waals surface area contributed by atoms with Crippen molar-refractivity contribution in [2.45, 2.75) is 33.3 Å². The first-order valence-corrected chi connectivity index (χ1v) is 6.33. The Morgan fingerprint density at radius 2 is 2.00 bits per heavy atom. The number of allylic oxidation sites excluding steroid dienone is 1. The molecule has 0 N–H and O–H groups in total. The van der Waals surface area contributed by atoms with Gasteiger partial charge in [-0.2, -0.15) is 0 Å². The van der Waals surface area contributed by atoms with Gasteiger partial charge in [0.2, 0.25) is 0 Å². The number of carbonyl (C=O) groups excluding carboxylic acids is 1. The van der Waals surface area contributed by atoms with Crippen molar-refractivity contribution in [1.82, 2.24) is 0 Å². The summed E-state index contributed by atoms with van der Waals surface area (Å²) in [5.41, 5.74) is 0.340. The molecule has 0 saturated heterocycles. The zero-order valence-electron chi connectivity index (χ0n) is 11.8. The minimum atomic E-state index is -0.583. The summed E-state index contributed by atoms with van der Waals surface area (Å²) in [6.07, 6.45) is 1.30. The topological polar surface area (TPSA) is 69.4 Å². The lowest BCUT2D eigenvalue weighted by Crippen LogP contribution is -2.22. The van der Waals surface area contributed by atoms with E-state index in [4.69, 9.17) is 16.3 Å². The molecule has 5 nitrogen and oxygen atoms in total. The Hall–Kier alpha value is -1.88. The van der Waals surface area contributed by atoms with Gasteiger partial charge in [0.1, 0.15) is 10.6 Å². The Morgan fingerprint density at radius 3 is 2.50 bits per heavy atom. The number of hydrogen-bond donors (Lipinski definition) is 0. The van der Waals surface area contributed by atoms with Crippen molar-refractivity contribution in [2.75, 3.05) is 0 Å². The number of esters is 1. The summed E-state index contributed by atoms with van der Waals surface area (Å²) in [5.74, 6) is -0.493. The molecule has 0 unspecified atom stereocenters. The molecule has 0 aromatic heterocycles. The van der Waals surface area contributed by atoms with Crippen LogP contribution in [0.1, 0.15) is 33.3 Å². The van der Waals surface area contributed by atoms with Gasteiger partial charge in [0.25, 0.3) is 5.69 Å². The monoisotopic (exact) mass is 297 g/mol. The van der Waals surface area contributed by atoms with Gasteiger partial charge in [0.15, 0.2) is 0 Å². The third-order valence-electron chi connectivity index (χ3n) is 2.34. The van der Waals surface area contributed by atoms with Crippen LogP contribution in [0.5, 0.6) is 0 Å². The van der Waals surface area contributed by atoms with Crippen molar-refractivity contribution in [3.8, 4) is 0 Å². The first kappa shape index (κ1) is 16.2. The van der Waals surface area contributed by atoms with E-state index < -0.39 is 16.5 Å². The molecule has 0 saturated carbocycles. The van der Waals surface area contributed by atoms with Gasteiger partial charge in [-0.25, -0.2) is 4.79 Å². The maximum atomic E-state index is 11.7. The molecule has 6 heteroatoms. The van der Waals surface area contributed by atoms with Gasteiger partial charge in [-0.05, 0) is 44.9 Å². The number of hydrogen-bond acceptors (Lipinski definition) is 4. The van der Waals surface area contributed by atoms with Crippen LogP contribution in [0.4, 0.5) is 5.69 Å². The summed E-state index contributed by atoms with van der Waals surface area (Å²) < 4.78 is 5.16. The lowest BCUT2D eigenvalue weighted by molar-refractivity contribution is -0.384. The number of nitrogens with zero attached hydrogens (tertiary/aromatic N) is 1. The van der Waals surface area contributed by atoms with Crippen molar-refractivity contribution in [2.24, 2.45) is 0 Å². The van der Waals surface area contributed by atoms with Crippen LogP contribution in [0, 0.1) is 10.1 Å². The SMILES string of the molecule is C/C(=C/C(=O)OC(C)(C)C)c1ccc(Cl)c([N+](=O)[O-])c1. The number of benzene rings is 1. The molecule has 0 heterocycles. The lowest BCUT2D eigenvalue weighted by atomic mass is 10.1. The molecular formula is C14H16ClNO4. The lowest BCUT2D eigenvalue weighted by Gasteiger charge is -2.18. The molecule has 1 rings (SSSR count). The number of rotatable bonds is 3. The number of halogens is 1. The van der Waals surface area contributed by atoms with E-state index in [0.29, 0.717) is 11.1 Å². The van der Waals surface area contributed by atoms with Gasteiger partial charge in [-0.15, -0.1) is 0 Å². The predicted octanol–water partition coefficient (Wildman–Crippen LogP) is 3.99. The molecule has 108 valence electrons. The van der Waals surface area contributed by atoms with Gasteiger partial charge in [0, 0.05) is 12.1 Å². The minimum Gasteiger partial charge on any atom is -0.457 e. The average Bonchev–Trinajstić information content (AvgIpc) is 2.26. The van der Waals surface area contributed by atoms with E-state index in [1.165, 1.54) is 18.2 Å². The summed E-state index contributed by atoms with van der Waals surface area (Å²) in [5, 5.41) is 10.9. The molecular weight excluding hydrogens is 282 g/mol. The van der Waals surface area contributed by atoms with E-state index in [2.05, 4.69) is 0 Å². The highest BCUT2D eigenvalue weighted by Crippen LogP contribution is 2.28. The molecule has 1 aromatic rings. The first-order valence-electron chi connectivity index (χ1n) is 5.96. The number of nitro groups is 1. The molecule has 20 heavy (non-hydrogen) atoms. The third-order valence-corrected chi connectivity index (χ3v) is 2.66. The second-order valence-corrected chi connectivity index (χ2v) is 5.69. The molecule has 1 aromatic carbocycles. The van der Waals surface area contributed by atoms with Crippen molar-refractivity contribution in [3.63, 3.8) is 0 Å². The maximum absolute atomic E-state index is 11.7. The van der Waals surface area contributed by atoms with E-state index in [1.54, 1.807) is 33.8 Å². The van der Waals surface area contributed by atoms with Crippen LogP contribution in [0.3, 0.4) is 0 Å². The third kappa shape index (κ3) is 4.66. The Bertz CT molecular complexity index is 573. The van der Waals surface area contributed by atoms with Crippen LogP contribution >= 0.6 is 11.6 Å². The van der Waals surface area contributed by atoms with Crippen LogP contribution in [-0.4, -0.2) is 16.5 Å². The van der Waals surface area contributed by atoms with E-state index in [9.17, 15) is 14.9 Å². The largest absolute Gasteiger partial charge is 0.457 e. The summed E-state index contributed by atoms with van der Waals surface area (Å²) in [4.78, 5) is 21.9. The van der Waals surface area contributed by atoms with Gasteiger partial charge in [-0.3, -0.25) is 10.1 Å². The van der Waals surface area contributed by atoms with Crippen LogP contribution < -0.4 is 0 Å². The Kier molecular flexibility index (Phi) is 4.89. The van der Waals surface area contributed by atoms with Crippen LogP contribution in [0.15, 0.2) is 24.3 Å². The quantitative estimate of drug-likeness (QED) is 0.366. The van der Waals surface area contributed by atoms with Crippen molar-refractivity contribution < 1.29 is 14.5 Å². The normalized spacial score (nSPS) is 12.2. The van der Waals surface area contributed by atoms with Crippen molar-refractivity contribution in [1.29, 1.82) is 0 Å². The number of nitro benzene ring substituents is 1. The zero-order chi connectivity index (χ0) is 15.5. The fourth-order valence-electron chi connectivity index (χ4n) is 1.49. The average molecular weight is 298 g/mol. The summed E-state index contributed by atoms with van der Waals surface area (Å²) in [6, 6.07) is 4.38. The molecule has 0 aliphatic rings. The predicted molar refractivity (Wildman–Crippen MR) is 77.6 cm³/mol. The highest BCUT2D eigenvalue weighted by Gasteiger charge is 2.16. The van der Waals surface area contributed by atoms with Gasteiger partial charge in [0.05, 0.1) is 4.92 Å². The molecule has 0 aliphatic carbocycles. The Balaban J connectivity index is 3.03. The molecule has 0 aliphatic heterocycles. The van der Waals surface area contributed by atoms with Gasteiger partial charge >= 0.3 is 5.97 Å². The second-order valence-electron chi connectivity index (χ2n) is 5.28. The number of carbonyl (C=O) groups is 1. The first-order chi connectivity index (χ1) is 9.10. The Morgan fingerprint density at radius 1 is 1.40 bits per heavy atom. The highest BCUT2D eigenvalue weighted by molar-refractivity contribution is 6.32. The standard InChI is InChI=1S/C14H16ClNO4/c1-9(7-13(17)20-14(2,3)4)10-5-6-11(15)12(8-10)16(18)19/h5-8H,1-4H3/b9-7-. The van der Waals surface area contributed by atoms with Gasteiger partial charge in [-0.1, -0.05) is 17.7 Å². The van der Waals surface area contributed by atoms with Gasteiger partial charge < -0.3 is 4.74 Å². The molecule has 0 spiro atoms. The number of ether oxygens (including phenoxy) is 1. The minimum absolute atomic E-state index is 0.0591. The fraction of sp³-hybridized carbons (Fsp3) is 0.357. The molecule has 0 bridgehead atoms. The summed E-state index contributed by atoms with van der Waals surface area (Å²) >= 11 is 5.74. The van der Waals surface area contributed by atoms with E-state index in [0.717, 1.165) is 0 Å². The Labute approximate surface area is 122 Å². The molecule has 0 radical (unpaired) electrons.